The molecule has 0 aliphatic carbocycles. The Bertz CT molecular complexity index is 1320. The molecule has 0 spiro atoms. The third-order valence-corrected chi connectivity index (χ3v) is 11.4. The van der Waals surface area contributed by atoms with Gasteiger partial charge in [0.15, 0.2) is 0 Å². The topological polar surface area (TPSA) is 3.24 Å². The summed E-state index contributed by atoms with van der Waals surface area (Å²) in [6, 6.07) is 46.6. The Balaban J connectivity index is 0.00000129. The summed E-state index contributed by atoms with van der Waals surface area (Å²) in [7, 11) is 7.70. The molecule has 0 aliphatic heterocycles. The first-order chi connectivity index (χ1) is 20.4. The molecule has 0 radical (unpaired) electrons. The van der Waals surface area contributed by atoms with Crippen molar-refractivity contribution in [1.82, 2.24) is 0 Å². The summed E-state index contributed by atoms with van der Waals surface area (Å²) in [4.78, 5) is 1.99. The predicted molar refractivity (Wildman–Crippen MR) is 174 cm³/mol. The average molecular weight is 735 g/mol. The number of benzene rings is 5. The van der Waals surface area contributed by atoms with E-state index in [0.717, 1.165) is 21.2 Å². The molecule has 9 heteroatoms. The molecule has 0 unspecified atom stereocenters. The van der Waals surface area contributed by atoms with Crippen LogP contribution in [0.25, 0.3) is 0 Å². The van der Waals surface area contributed by atoms with E-state index in [9.17, 15) is 13.2 Å². The fourth-order valence-corrected chi connectivity index (χ4v) is 9.31. The van der Waals surface area contributed by atoms with Crippen molar-refractivity contribution in [3.8, 4) is 0 Å². The van der Waals surface area contributed by atoms with Crippen molar-refractivity contribution in [3.05, 3.63) is 151 Å². The molecule has 5 aromatic carbocycles. The number of hydrogen-bond acceptors (Lipinski definition) is 1. The van der Waals surface area contributed by atoms with Gasteiger partial charge in [-0.2, -0.15) is 13.2 Å². The predicted octanol–water partition coefficient (Wildman–Crippen LogP) is 9.07. The summed E-state index contributed by atoms with van der Waals surface area (Å²) in [5.41, 5.74) is -0.374. The van der Waals surface area contributed by atoms with Crippen molar-refractivity contribution in [3.63, 3.8) is 0 Å². The summed E-state index contributed by atoms with van der Waals surface area (Å²) >= 11 is -0.106. The van der Waals surface area contributed by atoms with Gasteiger partial charge < -0.3 is 4.90 Å². The van der Waals surface area contributed by atoms with Crippen molar-refractivity contribution in [2.75, 3.05) is 17.5 Å². The zero-order chi connectivity index (χ0) is 29.8. The van der Waals surface area contributed by atoms with Gasteiger partial charge in [0.05, 0.1) is 5.56 Å². The molecule has 0 aromatic heterocycles. The third kappa shape index (κ3) is 9.15. The Morgan fingerprint density at radius 2 is 0.786 bits per heavy atom. The van der Waals surface area contributed by atoms with Crippen molar-refractivity contribution in [1.29, 1.82) is 0 Å². The standard InChI is InChI=1S/C33H28F3NP2.2ClH.Pd/c34-33(35,36)31-23-13-14-24-32(31)37(25-38(27-15-5-1-6-16-27)28-17-7-2-8-18-28)26-39(29-19-9-3-10-20-29)30-21-11-4-12-22-30;;;/h1-24H,25-26H2;2*1H;/q;;;+2/p-2. The van der Waals surface area contributed by atoms with Gasteiger partial charge in [-0.3, -0.25) is 0 Å². The van der Waals surface area contributed by atoms with E-state index in [-0.39, 0.29) is 21.6 Å². The monoisotopic (exact) mass is 733 g/mol. The number of hydrogen-bond donors (Lipinski definition) is 0. The maximum atomic E-state index is 14.4. The Labute approximate surface area is 264 Å². The van der Waals surface area contributed by atoms with Crippen molar-refractivity contribution in [2.45, 2.75) is 6.18 Å². The minimum atomic E-state index is -4.46. The van der Waals surface area contributed by atoms with Crippen molar-refractivity contribution < 1.29 is 29.1 Å². The number of nitrogens with zero attached hydrogens (tertiary/aromatic N) is 1. The first kappa shape index (κ1) is 32.7. The molecule has 0 amide bonds. The molecule has 220 valence electrons. The van der Waals surface area contributed by atoms with Crippen LogP contribution in [0.15, 0.2) is 146 Å². The SMILES string of the molecule is FC(F)(F)c1ccccc1N(CP(c1ccccc1)c1ccccc1)CP(c1ccccc1)c1ccccc1.[Cl][Pd][Cl]. The van der Waals surface area contributed by atoms with Crippen LogP contribution in [0, 0.1) is 0 Å². The van der Waals surface area contributed by atoms with Gasteiger partial charge in [-0.15, -0.1) is 0 Å². The van der Waals surface area contributed by atoms with Crippen LogP contribution >= 0.6 is 34.9 Å². The summed E-state index contributed by atoms with van der Waals surface area (Å²) in [6.45, 7) is 0. The van der Waals surface area contributed by atoms with E-state index >= 15 is 0 Å². The molecular formula is C33H28Cl2F3NP2Pd. The number of alkyl halides is 3. The average Bonchev–Trinajstić information content (AvgIpc) is 3.03. The van der Waals surface area contributed by atoms with Crippen LogP contribution in [-0.4, -0.2) is 12.6 Å². The molecule has 0 saturated carbocycles. The molecule has 0 fully saturated rings. The zero-order valence-electron chi connectivity index (χ0n) is 22.3. The molecule has 0 atom stereocenters. The number of halogens is 5. The van der Waals surface area contributed by atoms with E-state index in [1.54, 1.807) is 12.1 Å². The van der Waals surface area contributed by atoms with E-state index in [2.05, 4.69) is 48.5 Å². The Morgan fingerprint density at radius 1 is 0.500 bits per heavy atom. The Kier molecular flexibility index (Phi) is 12.9. The van der Waals surface area contributed by atoms with Crippen LogP contribution in [0.1, 0.15) is 5.56 Å². The second-order valence-corrected chi connectivity index (χ2v) is 15.8. The van der Waals surface area contributed by atoms with E-state index in [1.165, 1.54) is 12.1 Å². The molecule has 42 heavy (non-hydrogen) atoms. The maximum absolute atomic E-state index is 14.4. The first-order valence-corrected chi connectivity index (χ1v) is 20.0. The summed E-state index contributed by atoms with van der Waals surface area (Å²) in [6.07, 6.45) is -3.52. The summed E-state index contributed by atoms with van der Waals surface area (Å²) < 4.78 is 43.1. The van der Waals surface area contributed by atoms with E-state index in [1.807, 2.05) is 77.7 Å². The summed E-state index contributed by atoms with van der Waals surface area (Å²) in [5.74, 6) is 0. The van der Waals surface area contributed by atoms with Crippen LogP contribution in [0.3, 0.4) is 0 Å². The van der Waals surface area contributed by atoms with Crippen LogP contribution in [0.5, 0.6) is 0 Å². The molecule has 0 bridgehead atoms. The number of anilines is 1. The number of para-hydroxylation sites is 1. The van der Waals surface area contributed by atoms with Crippen LogP contribution in [0.4, 0.5) is 18.9 Å². The van der Waals surface area contributed by atoms with E-state index in [0.29, 0.717) is 12.6 Å². The van der Waals surface area contributed by atoms with Crippen LogP contribution in [0.2, 0.25) is 0 Å². The molecule has 0 heterocycles. The van der Waals surface area contributed by atoms with E-state index in [4.69, 9.17) is 19.1 Å². The fraction of sp³-hybridized carbons (Fsp3) is 0.0909. The summed E-state index contributed by atoms with van der Waals surface area (Å²) in [5, 5.41) is 4.54. The molecule has 5 aromatic rings. The molecular weight excluding hydrogens is 707 g/mol. The zero-order valence-corrected chi connectivity index (χ0v) is 27.2. The first-order valence-electron chi connectivity index (χ1n) is 12.9. The van der Waals surface area contributed by atoms with Gasteiger partial charge in [-0.25, -0.2) is 0 Å². The second-order valence-electron chi connectivity index (χ2n) is 9.08. The fourth-order valence-electron chi connectivity index (χ4n) is 4.58. The number of rotatable bonds is 9. The normalized spacial score (nSPS) is 11.3. The van der Waals surface area contributed by atoms with Gasteiger partial charge in [0.1, 0.15) is 0 Å². The van der Waals surface area contributed by atoms with E-state index < -0.39 is 27.6 Å². The molecule has 0 saturated heterocycles. The third-order valence-electron chi connectivity index (χ3n) is 6.45. The van der Waals surface area contributed by atoms with Crippen molar-refractivity contribution in [2.24, 2.45) is 0 Å². The minimum absolute atomic E-state index is 0.106. The van der Waals surface area contributed by atoms with Gasteiger partial charge >= 0.3 is 41.2 Å². The van der Waals surface area contributed by atoms with Gasteiger partial charge in [0, 0.05) is 18.3 Å². The van der Waals surface area contributed by atoms with Gasteiger partial charge in [0.25, 0.3) is 0 Å². The Morgan fingerprint density at radius 3 is 1.10 bits per heavy atom. The van der Waals surface area contributed by atoms with Crippen molar-refractivity contribution >= 4 is 61.8 Å². The van der Waals surface area contributed by atoms with Gasteiger partial charge in [-0.1, -0.05) is 133 Å². The quantitative estimate of drug-likeness (QED) is 0.108. The molecule has 1 nitrogen and oxygen atoms in total. The van der Waals surface area contributed by atoms with Gasteiger partial charge in [-0.05, 0) is 49.2 Å². The van der Waals surface area contributed by atoms with Gasteiger partial charge in [0.2, 0.25) is 0 Å². The molecule has 5 rings (SSSR count). The molecule has 0 aliphatic rings. The van der Waals surface area contributed by atoms with Crippen LogP contribution < -0.4 is 26.1 Å². The van der Waals surface area contributed by atoms with Crippen LogP contribution in [-0.2, 0) is 22.1 Å². The Hall–Kier alpha value is -2.21. The molecule has 0 N–H and O–H groups in total. The second kappa shape index (κ2) is 16.6.